The van der Waals surface area contributed by atoms with Crippen molar-refractivity contribution >= 4 is 11.6 Å². The standard InChI is InChI=1S/C23H17F6N7O/c1-21(2,37)15-7-3-5-13(32-15)18-34-19(14-6-4-8-16(33-14)22(24,25)26)36-20(35-18)31-12-9-10-30-17(11-12)23(27,28)29/h3-11,37H,1-2H3,(H,30,31,34,35,36). The van der Waals surface area contributed by atoms with Crippen molar-refractivity contribution in [2.75, 3.05) is 5.32 Å². The molecular weight excluding hydrogens is 504 g/mol. The van der Waals surface area contributed by atoms with E-state index in [0.717, 1.165) is 24.4 Å². The van der Waals surface area contributed by atoms with Gasteiger partial charge in [0.25, 0.3) is 0 Å². The normalized spacial score (nSPS) is 12.5. The minimum Gasteiger partial charge on any atom is -0.384 e. The molecule has 192 valence electrons. The number of halogens is 6. The number of aliphatic hydroxyl groups is 1. The summed E-state index contributed by atoms with van der Waals surface area (Å²) in [5.74, 6) is -0.698. The van der Waals surface area contributed by atoms with E-state index >= 15 is 0 Å². The molecule has 0 radical (unpaired) electrons. The van der Waals surface area contributed by atoms with E-state index in [9.17, 15) is 31.4 Å². The monoisotopic (exact) mass is 521 g/mol. The van der Waals surface area contributed by atoms with Gasteiger partial charge in [0.1, 0.15) is 28.4 Å². The summed E-state index contributed by atoms with van der Waals surface area (Å²) in [7, 11) is 0. The van der Waals surface area contributed by atoms with E-state index in [1.807, 2.05) is 0 Å². The molecule has 0 fully saturated rings. The summed E-state index contributed by atoms with van der Waals surface area (Å²) in [6, 6.07) is 9.69. The molecule has 0 atom stereocenters. The Labute approximate surface area is 205 Å². The van der Waals surface area contributed by atoms with Crippen molar-refractivity contribution in [2.24, 2.45) is 0 Å². The third-order valence-electron chi connectivity index (χ3n) is 4.82. The lowest BCUT2D eigenvalue weighted by molar-refractivity contribution is -0.141. The summed E-state index contributed by atoms with van der Waals surface area (Å²) in [5, 5.41) is 12.9. The molecule has 0 aliphatic carbocycles. The number of hydrogen-bond acceptors (Lipinski definition) is 8. The highest BCUT2D eigenvalue weighted by atomic mass is 19.4. The van der Waals surface area contributed by atoms with Gasteiger partial charge in [0, 0.05) is 11.9 Å². The van der Waals surface area contributed by atoms with E-state index in [2.05, 4.69) is 35.2 Å². The smallest absolute Gasteiger partial charge is 0.384 e. The Bertz CT molecular complexity index is 1360. The highest BCUT2D eigenvalue weighted by Crippen LogP contribution is 2.31. The van der Waals surface area contributed by atoms with Crippen LogP contribution in [0.2, 0.25) is 0 Å². The lowest BCUT2D eigenvalue weighted by Crippen LogP contribution is -2.17. The zero-order chi connectivity index (χ0) is 27.0. The average Bonchev–Trinajstić information content (AvgIpc) is 2.83. The highest BCUT2D eigenvalue weighted by Gasteiger charge is 2.33. The topological polar surface area (TPSA) is 110 Å². The Kier molecular flexibility index (Phi) is 6.54. The Morgan fingerprint density at radius 3 is 1.76 bits per heavy atom. The molecular formula is C23H17F6N7O. The molecule has 8 nitrogen and oxygen atoms in total. The molecule has 37 heavy (non-hydrogen) atoms. The second-order valence-electron chi connectivity index (χ2n) is 8.23. The summed E-state index contributed by atoms with van der Waals surface area (Å²) in [6.07, 6.45) is -8.52. The fraction of sp³-hybridized carbons (Fsp3) is 0.217. The number of aromatic nitrogens is 6. The highest BCUT2D eigenvalue weighted by molar-refractivity contribution is 5.62. The van der Waals surface area contributed by atoms with Crippen LogP contribution in [0.4, 0.5) is 38.0 Å². The van der Waals surface area contributed by atoms with Gasteiger partial charge in [-0.15, -0.1) is 0 Å². The lowest BCUT2D eigenvalue weighted by atomic mass is 10.0. The first-order chi connectivity index (χ1) is 17.2. The molecule has 0 spiro atoms. The van der Waals surface area contributed by atoms with E-state index in [1.165, 1.54) is 32.0 Å². The summed E-state index contributed by atoms with van der Waals surface area (Å²) in [4.78, 5) is 23.6. The summed E-state index contributed by atoms with van der Waals surface area (Å²) in [6.45, 7) is 3.00. The van der Waals surface area contributed by atoms with Crippen LogP contribution >= 0.6 is 0 Å². The predicted octanol–water partition coefficient (Wildman–Crippen LogP) is 5.40. The van der Waals surface area contributed by atoms with Crippen molar-refractivity contribution < 1.29 is 31.4 Å². The second-order valence-corrected chi connectivity index (χ2v) is 8.23. The van der Waals surface area contributed by atoms with Gasteiger partial charge in [0.05, 0.1) is 5.69 Å². The third-order valence-corrected chi connectivity index (χ3v) is 4.82. The van der Waals surface area contributed by atoms with Gasteiger partial charge in [-0.1, -0.05) is 12.1 Å². The van der Waals surface area contributed by atoms with E-state index < -0.39 is 29.3 Å². The molecule has 0 aliphatic rings. The van der Waals surface area contributed by atoms with Gasteiger partial charge in [-0.25, -0.2) is 15.0 Å². The van der Waals surface area contributed by atoms with Crippen LogP contribution in [0.25, 0.3) is 23.0 Å². The molecule has 0 unspecified atom stereocenters. The van der Waals surface area contributed by atoms with Crippen molar-refractivity contribution in [2.45, 2.75) is 31.8 Å². The van der Waals surface area contributed by atoms with E-state index in [1.54, 1.807) is 12.1 Å². The fourth-order valence-electron chi connectivity index (χ4n) is 3.07. The molecule has 4 rings (SSSR count). The Morgan fingerprint density at radius 1 is 0.676 bits per heavy atom. The van der Waals surface area contributed by atoms with Crippen LogP contribution in [-0.4, -0.2) is 35.0 Å². The van der Waals surface area contributed by atoms with E-state index in [0.29, 0.717) is 0 Å². The second kappa shape index (κ2) is 9.35. The van der Waals surface area contributed by atoms with Crippen LogP contribution in [0, 0.1) is 0 Å². The SMILES string of the molecule is CC(C)(O)c1cccc(-c2nc(Nc3ccnc(C(F)(F)F)c3)nc(-c3cccc(C(F)(F)F)n3)n2)n1. The number of alkyl halides is 6. The Balaban J connectivity index is 1.85. The van der Waals surface area contributed by atoms with Crippen LogP contribution in [0.5, 0.6) is 0 Å². The average molecular weight is 521 g/mol. The van der Waals surface area contributed by atoms with Gasteiger partial charge in [0.15, 0.2) is 11.6 Å². The Hall–Kier alpha value is -4.20. The molecule has 0 saturated carbocycles. The number of hydrogen-bond donors (Lipinski definition) is 2. The maximum absolute atomic E-state index is 13.2. The molecule has 0 aromatic carbocycles. The minimum absolute atomic E-state index is 0.0828. The van der Waals surface area contributed by atoms with Crippen molar-refractivity contribution in [1.82, 2.24) is 29.9 Å². The fourth-order valence-corrected chi connectivity index (χ4v) is 3.07. The van der Waals surface area contributed by atoms with Gasteiger partial charge in [-0.05, 0) is 50.2 Å². The molecule has 14 heteroatoms. The molecule has 4 aromatic rings. The largest absolute Gasteiger partial charge is 0.433 e. The first-order valence-corrected chi connectivity index (χ1v) is 10.5. The summed E-state index contributed by atoms with van der Waals surface area (Å²) >= 11 is 0. The molecule has 2 N–H and O–H groups in total. The quantitative estimate of drug-likeness (QED) is 0.336. The minimum atomic E-state index is -4.74. The van der Waals surface area contributed by atoms with Gasteiger partial charge < -0.3 is 10.4 Å². The van der Waals surface area contributed by atoms with Crippen LogP contribution < -0.4 is 5.32 Å². The first-order valence-electron chi connectivity index (χ1n) is 10.5. The molecule has 4 aromatic heterocycles. The maximum Gasteiger partial charge on any atom is 0.433 e. The summed E-state index contributed by atoms with van der Waals surface area (Å²) < 4.78 is 78.9. The predicted molar refractivity (Wildman–Crippen MR) is 119 cm³/mol. The zero-order valence-electron chi connectivity index (χ0n) is 19.1. The third kappa shape index (κ3) is 6.14. The summed E-state index contributed by atoms with van der Waals surface area (Å²) in [5.41, 5.74) is -3.66. The number of rotatable bonds is 5. The van der Waals surface area contributed by atoms with E-state index in [4.69, 9.17) is 0 Å². The maximum atomic E-state index is 13.2. The molecule has 0 bridgehead atoms. The Morgan fingerprint density at radius 2 is 1.22 bits per heavy atom. The van der Waals surface area contributed by atoms with Gasteiger partial charge >= 0.3 is 12.4 Å². The van der Waals surface area contributed by atoms with Crippen LogP contribution in [0.15, 0.2) is 54.7 Å². The lowest BCUT2D eigenvalue weighted by Gasteiger charge is -2.17. The molecule has 4 heterocycles. The van der Waals surface area contributed by atoms with Crippen LogP contribution in [-0.2, 0) is 18.0 Å². The molecule has 0 saturated heterocycles. The first kappa shape index (κ1) is 25.9. The van der Waals surface area contributed by atoms with Crippen molar-refractivity contribution in [1.29, 1.82) is 0 Å². The molecule has 0 aliphatic heterocycles. The number of nitrogens with one attached hydrogen (secondary N) is 1. The molecule has 0 amide bonds. The van der Waals surface area contributed by atoms with Gasteiger partial charge in [-0.3, -0.25) is 4.98 Å². The number of nitrogens with zero attached hydrogens (tertiary/aromatic N) is 6. The number of anilines is 2. The zero-order valence-corrected chi connectivity index (χ0v) is 19.1. The van der Waals surface area contributed by atoms with Crippen molar-refractivity contribution in [3.05, 3.63) is 71.8 Å². The van der Waals surface area contributed by atoms with Crippen LogP contribution in [0.1, 0.15) is 30.9 Å². The van der Waals surface area contributed by atoms with Gasteiger partial charge in [0.2, 0.25) is 5.95 Å². The van der Waals surface area contributed by atoms with Crippen molar-refractivity contribution in [3.8, 4) is 23.0 Å². The number of pyridine rings is 3. The van der Waals surface area contributed by atoms with Crippen molar-refractivity contribution in [3.63, 3.8) is 0 Å². The van der Waals surface area contributed by atoms with Gasteiger partial charge in [-0.2, -0.15) is 36.3 Å². The van der Waals surface area contributed by atoms with E-state index in [-0.39, 0.29) is 40.4 Å². The van der Waals surface area contributed by atoms with Crippen LogP contribution in [0.3, 0.4) is 0 Å².